The van der Waals surface area contributed by atoms with Crippen LogP contribution in [0.1, 0.15) is 5.56 Å². The number of nitrogens with two attached hydrogens (primary N) is 2. The second-order valence-electron chi connectivity index (χ2n) is 10.7. The minimum absolute atomic E-state index is 0.184. The van der Waals surface area contributed by atoms with Crippen LogP contribution in [0.4, 0.5) is 11.4 Å². The van der Waals surface area contributed by atoms with Crippen molar-refractivity contribution in [2.75, 3.05) is 11.5 Å². The molecule has 1 aromatic heterocycles. The first-order valence-electron chi connectivity index (χ1n) is 13.9. The van der Waals surface area contributed by atoms with Gasteiger partial charge < -0.3 is 11.5 Å². The molecule has 1 heterocycles. The van der Waals surface area contributed by atoms with Crippen LogP contribution in [-0.4, -0.2) is 4.57 Å². The van der Waals surface area contributed by atoms with Crippen molar-refractivity contribution in [2.45, 2.75) is 6.92 Å². The van der Waals surface area contributed by atoms with Crippen molar-refractivity contribution in [3.8, 4) is 39.1 Å². The molecule has 0 amide bonds. The molecule has 0 aliphatic carbocycles. The molecule has 4 nitrogen and oxygen atoms in total. The SMILES string of the molecule is C=c1c2ccc(N)c3c(-c4ccccc4C)ccc(c(=O)n1-c1c(N)cc(-c4ccccc4)cc1-c1ccccc1)c32. The highest BCUT2D eigenvalue weighted by atomic mass is 16.1. The Morgan fingerprint density at radius 2 is 1.21 bits per heavy atom. The summed E-state index contributed by atoms with van der Waals surface area (Å²) in [5.74, 6) is 0. The molecule has 7 aromatic rings. The number of benzene rings is 6. The van der Waals surface area contributed by atoms with Crippen LogP contribution in [0.25, 0.3) is 67.2 Å². The monoisotopic (exact) mass is 543 g/mol. The highest BCUT2D eigenvalue weighted by Gasteiger charge is 2.21. The molecule has 0 unspecified atom stereocenters. The van der Waals surface area contributed by atoms with Gasteiger partial charge in [-0.2, -0.15) is 0 Å². The molecular weight excluding hydrogens is 514 g/mol. The lowest BCUT2D eigenvalue weighted by atomic mass is 9.90. The third kappa shape index (κ3) is 3.88. The molecule has 0 aliphatic heterocycles. The van der Waals surface area contributed by atoms with E-state index in [0.29, 0.717) is 27.8 Å². The van der Waals surface area contributed by atoms with Crippen LogP contribution in [0.15, 0.2) is 126 Å². The van der Waals surface area contributed by atoms with Gasteiger partial charge in [0.15, 0.2) is 0 Å². The molecule has 4 heteroatoms. The summed E-state index contributed by atoms with van der Waals surface area (Å²) in [6, 6.07) is 40.2. The van der Waals surface area contributed by atoms with Gasteiger partial charge in [-0.3, -0.25) is 9.36 Å². The number of rotatable bonds is 4. The van der Waals surface area contributed by atoms with Gasteiger partial charge >= 0.3 is 0 Å². The van der Waals surface area contributed by atoms with Crippen molar-refractivity contribution in [1.82, 2.24) is 4.57 Å². The van der Waals surface area contributed by atoms with Crippen molar-refractivity contribution in [2.24, 2.45) is 0 Å². The summed E-state index contributed by atoms with van der Waals surface area (Å²) in [4.78, 5) is 14.5. The van der Waals surface area contributed by atoms with E-state index in [9.17, 15) is 4.79 Å². The average molecular weight is 544 g/mol. The number of nitrogen functional groups attached to an aromatic ring is 2. The molecule has 0 bridgehead atoms. The number of pyridine rings is 1. The first kappa shape index (κ1) is 25.4. The van der Waals surface area contributed by atoms with Crippen molar-refractivity contribution in [3.05, 3.63) is 143 Å². The maximum Gasteiger partial charge on any atom is 0.263 e. The van der Waals surface area contributed by atoms with Crippen molar-refractivity contribution >= 4 is 39.5 Å². The van der Waals surface area contributed by atoms with E-state index in [-0.39, 0.29) is 5.56 Å². The van der Waals surface area contributed by atoms with Crippen LogP contribution in [0.3, 0.4) is 0 Å². The normalized spacial score (nSPS) is 11.4. The Kier molecular flexibility index (Phi) is 5.91. The number of aryl methyl sites for hydroxylation is 1. The summed E-state index contributed by atoms with van der Waals surface area (Å²) in [5, 5.41) is 3.68. The minimum Gasteiger partial charge on any atom is -0.398 e. The lowest BCUT2D eigenvalue weighted by Gasteiger charge is -2.21. The summed E-state index contributed by atoms with van der Waals surface area (Å²) in [6.45, 7) is 6.54. The molecule has 0 saturated carbocycles. The predicted molar refractivity (Wildman–Crippen MR) is 178 cm³/mol. The fourth-order valence-corrected chi connectivity index (χ4v) is 6.18. The predicted octanol–water partition coefficient (Wildman–Crippen LogP) is 7.75. The molecule has 4 N–H and O–H groups in total. The van der Waals surface area contributed by atoms with E-state index < -0.39 is 0 Å². The lowest BCUT2D eigenvalue weighted by Crippen LogP contribution is -2.33. The van der Waals surface area contributed by atoms with Gasteiger partial charge in [-0.1, -0.05) is 104 Å². The second-order valence-corrected chi connectivity index (χ2v) is 10.7. The van der Waals surface area contributed by atoms with Gasteiger partial charge in [0.05, 0.1) is 16.7 Å². The maximum absolute atomic E-state index is 14.5. The Labute approximate surface area is 243 Å². The van der Waals surface area contributed by atoms with E-state index in [4.69, 9.17) is 11.5 Å². The first-order valence-corrected chi connectivity index (χ1v) is 13.9. The Hall–Kier alpha value is -5.61. The number of aromatic nitrogens is 1. The Morgan fingerprint density at radius 3 is 1.93 bits per heavy atom. The standard InChI is InChI=1S/C38H29N3O/c1-23-11-9-10-16-28(23)30-17-18-31-35-29(19-20-33(39)36(30)35)24(2)41(38(31)42)37-32(26-14-7-4-8-15-26)21-27(22-34(37)40)25-12-5-3-6-13-25/h3-22H,2,39-40H2,1H3. The van der Waals surface area contributed by atoms with Crippen molar-refractivity contribution in [3.63, 3.8) is 0 Å². The van der Waals surface area contributed by atoms with Crippen LogP contribution >= 0.6 is 0 Å². The number of anilines is 2. The first-order chi connectivity index (χ1) is 20.4. The molecule has 0 saturated heterocycles. The van der Waals surface area contributed by atoms with Gasteiger partial charge in [0.1, 0.15) is 0 Å². The molecular formula is C38H29N3O. The smallest absolute Gasteiger partial charge is 0.263 e. The van der Waals surface area contributed by atoms with Gasteiger partial charge in [-0.05, 0) is 64.6 Å². The molecule has 6 aromatic carbocycles. The van der Waals surface area contributed by atoms with Gasteiger partial charge in [0, 0.05) is 32.8 Å². The Morgan fingerprint density at radius 1 is 0.571 bits per heavy atom. The van der Waals surface area contributed by atoms with E-state index in [1.165, 1.54) is 0 Å². The number of hydrogen-bond acceptors (Lipinski definition) is 3. The number of hydrogen-bond donors (Lipinski definition) is 2. The maximum atomic E-state index is 14.5. The summed E-state index contributed by atoms with van der Waals surface area (Å²) < 4.78 is 1.67. The van der Waals surface area contributed by atoms with E-state index >= 15 is 0 Å². The zero-order valence-electron chi connectivity index (χ0n) is 23.3. The Balaban J connectivity index is 1.59. The molecule has 7 rings (SSSR count). The van der Waals surface area contributed by atoms with Crippen molar-refractivity contribution < 1.29 is 0 Å². The largest absolute Gasteiger partial charge is 0.398 e. The lowest BCUT2D eigenvalue weighted by molar-refractivity contribution is 0.985. The molecule has 0 radical (unpaired) electrons. The topological polar surface area (TPSA) is 74.0 Å². The highest BCUT2D eigenvalue weighted by molar-refractivity contribution is 6.19. The second kappa shape index (κ2) is 9.79. The summed E-state index contributed by atoms with van der Waals surface area (Å²) in [5.41, 5.74) is 22.1. The molecule has 0 aliphatic rings. The summed E-state index contributed by atoms with van der Waals surface area (Å²) in [7, 11) is 0. The highest BCUT2D eigenvalue weighted by Crippen LogP contribution is 2.39. The number of nitrogens with zero attached hydrogens (tertiary/aromatic N) is 1. The van der Waals surface area contributed by atoms with Gasteiger partial charge in [-0.25, -0.2) is 0 Å². The van der Waals surface area contributed by atoms with Crippen LogP contribution in [0, 0.1) is 6.92 Å². The van der Waals surface area contributed by atoms with Crippen LogP contribution in [0.2, 0.25) is 0 Å². The average Bonchev–Trinajstić information content (AvgIpc) is 3.02. The molecule has 0 atom stereocenters. The fourth-order valence-electron chi connectivity index (χ4n) is 6.18. The summed E-state index contributed by atoms with van der Waals surface area (Å²) >= 11 is 0. The van der Waals surface area contributed by atoms with Gasteiger partial charge in [0.2, 0.25) is 0 Å². The van der Waals surface area contributed by atoms with E-state index in [1.807, 2.05) is 91.0 Å². The van der Waals surface area contributed by atoms with Crippen molar-refractivity contribution in [1.29, 1.82) is 0 Å². The molecule has 202 valence electrons. The minimum atomic E-state index is -0.184. The zero-order chi connectivity index (χ0) is 29.0. The van der Waals surface area contributed by atoms with E-state index in [2.05, 4.69) is 43.8 Å². The third-order valence-corrected chi connectivity index (χ3v) is 8.20. The zero-order valence-corrected chi connectivity index (χ0v) is 23.3. The summed E-state index contributed by atoms with van der Waals surface area (Å²) in [6.07, 6.45) is 0. The molecule has 0 spiro atoms. The quantitative estimate of drug-likeness (QED) is 0.223. The third-order valence-electron chi connectivity index (χ3n) is 8.20. The van der Waals surface area contributed by atoms with Crippen LogP contribution in [0.5, 0.6) is 0 Å². The van der Waals surface area contributed by atoms with Crippen LogP contribution < -0.4 is 22.4 Å². The van der Waals surface area contributed by atoms with Crippen LogP contribution in [-0.2, 0) is 0 Å². The van der Waals surface area contributed by atoms with Gasteiger partial charge in [0.25, 0.3) is 5.56 Å². The molecule has 0 fully saturated rings. The van der Waals surface area contributed by atoms with E-state index in [0.717, 1.165) is 55.1 Å². The Bertz CT molecular complexity index is 2220. The van der Waals surface area contributed by atoms with Gasteiger partial charge in [-0.15, -0.1) is 0 Å². The molecule has 42 heavy (non-hydrogen) atoms. The fraction of sp³-hybridized carbons (Fsp3) is 0.0263. The van der Waals surface area contributed by atoms with E-state index in [1.54, 1.807) is 4.57 Å².